The summed E-state index contributed by atoms with van der Waals surface area (Å²) in [6, 6.07) is 4.95. The molecule has 0 spiro atoms. The lowest BCUT2D eigenvalue weighted by molar-refractivity contribution is 0.0949. The maximum Gasteiger partial charge on any atom is 0.291 e. The number of hydrogen-bond acceptors (Lipinski definition) is 4. The first kappa shape index (κ1) is 14.7. The highest BCUT2D eigenvalue weighted by Gasteiger charge is 2.07. The lowest BCUT2D eigenvalue weighted by Crippen LogP contribution is -2.18. The van der Waals surface area contributed by atoms with Gasteiger partial charge in [-0.25, -0.2) is 5.43 Å². The van der Waals surface area contributed by atoms with Gasteiger partial charge in [0.25, 0.3) is 5.91 Å². The van der Waals surface area contributed by atoms with E-state index in [-0.39, 0.29) is 11.4 Å². The van der Waals surface area contributed by atoms with Crippen molar-refractivity contribution >= 4 is 44.0 Å². The number of phenols is 1. The van der Waals surface area contributed by atoms with Crippen LogP contribution in [0.4, 0.5) is 0 Å². The molecule has 104 valence electrons. The van der Waals surface area contributed by atoms with E-state index in [4.69, 9.17) is 0 Å². The third-order valence-electron chi connectivity index (χ3n) is 2.37. The lowest BCUT2D eigenvalue weighted by atomic mass is 10.2. The molecule has 0 saturated heterocycles. The summed E-state index contributed by atoms with van der Waals surface area (Å²) < 4.78 is 2.60. The zero-order valence-corrected chi connectivity index (χ0v) is 13.5. The van der Waals surface area contributed by atoms with E-state index in [0.717, 1.165) is 0 Å². The number of amides is 1. The fourth-order valence-corrected chi connectivity index (χ4v) is 2.64. The van der Waals surface area contributed by atoms with Gasteiger partial charge >= 0.3 is 0 Å². The standard InChI is InChI=1S/C12H10Br2N4O2/c1-18-3-2-10(17-18)12(20)16-15-6-7-4-8(13)11(19)9(14)5-7/h2-6,19H,1H3,(H,16,20). The van der Waals surface area contributed by atoms with E-state index in [0.29, 0.717) is 14.5 Å². The predicted octanol–water partition coefficient (Wildman–Crippen LogP) is 2.41. The third kappa shape index (κ3) is 3.45. The van der Waals surface area contributed by atoms with Crippen LogP contribution in [0.15, 0.2) is 38.4 Å². The van der Waals surface area contributed by atoms with Gasteiger partial charge in [-0.1, -0.05) is 0 Å². The van der Waals surface area contributed by atoms with Gasteiger partial charge in [0, 0.05) is 13.2 Å². The Labute approximate surface area is 131 Å². The van der Waals surface area contributed by atoms with Gasteiger partial charge in [0.1, 0.15) is 5.75 Å². The van der Waals surface area contributed by atoms with E-state index in [1.165, 1.54) is 10.9 Å². The zero-order chi connectivity index (χ0) is 14.7. The van der Waals surface area contributed by atoms with Crippen molar-refractivity contribution in [3.8, 4) is 5.75 Å². The summed E-state index contributed by atoms with van der Waals surface area (Å²) in [6.45, 7) is 0. The quantitative estimate of drug-likeness (QED) is 0.612. The molecule has 0 fully saturated rings. The molecule has 1 heterocycles. The molecule has 0 aliphatic carbocycles. The number of carbonyl (C=O) groups is 1. The van der Waals surface area contributed by atoms with Crippen LogP contribution >= 0.6 is 31.9 Å². The number of nitrogens with zero attached hydrogens (tertiary/aromatic N) is 3. The van der Waals surface area contributed by atoms with Crippen LogP contribution in [0.2, 0.25) is 0 Å². The van der Waals surface area contributed by atoms with E-state index in [9.17, 15) is 9.90 Å². The van der Waals surface area contributed by atoms with Crippen molar-refractivity contribution < 1.29 is 9.90 Å². The number of hydrazone groups is 1. The monoisotopic (exact) mass is 400 g/mol. The molecule has 0 bridgehead atoms. The van der Waals surface area contributed by atoms with Gasteiger partial charge < -0.3 is 5.11 Å². The number of benzene rings is 1. The van der Waals surface area contributed by atoms with Gasteiger partial charge in [-0.05, 0) is 55.6 Å². The van der Waals surface area contributed by atoms with E-state index < -0.39 is 5.91 Å². The molecule has 2 rings (SSSR count). The first-order valence-corrected chi connectivity index (χ1v) is 7.07. The number of aryl methyl sites for hydroxylation is 1. The second kappa shape index (κ2) is 6.19. The van der Waals surface area contributed by atoms with E-state index in [2.05, 4.69) is 47.5 Å². The minimum atomic E-state index is -0.390. The van der Waals surface area contributed by atoms with Gasteiger partial charge in [-0.2, -0.15) is 10.2 Å². The van der Waals surface area contributed by atoms with Crippen molar-refractivity contribution in [1.29, 1.82) is 0 Å². The fraction of sp³-hybridized carbons (Fsp3) is 0.0833. The van der Waals surface area contributed by atoms with Crippen LogP contribution in [-0.2, 0) is 7.05 Å². The van der Waals surface area contributed by atoms with Crippen molar-refractivity contribution in [2.45, 2.75) is 0 Å². The minimum Gasteiger partial charge on any atom is -0.506 e. The van der Waals surface area contributed by atoms with Gasteiger partial charge in [0.15, 0.2) is 5.69 Å². The van der Waals surface area contributed by atoms with Crippen LogP contribution in [0.3, 0.4) is 0 Å². The Kier molecular flexibility index (Phi) is 4.56. The second-order valence-electron chi connectivity index (χ2n) is 3.91. The molecule has 20 heavy (non-hydrogen) atoms. The summed E-state index contributed by atoms with van der Waals surface area (Å²) in [5.41, 5.74) is 3.38. The highest BCUT2D eigenvalue weighted by atomic mass is 79.9. The smallest absolute Gasteiger partial charge is 0.291 e. The average molecular weight is 402 g/mol. The van der Waals surface area contributed by atoms with Crippen molar-refractivity contribution in [2.24, 2.45) is 12.1 Å². The van der Waals surface area contributed by atoms with E-state index in [1.807, 2.05) is 0 Å². The molecule has 2 aromatic rings. The molecule has 0 saturated carbocycles. The topological polar surface area (TPSA) is 79.5 Å². The molecule has 2 N–H and O–H groups in total. The summed E-state index contributed by atoms with van der Waals surface area (Å²) in [5, 5.41) is 17.4. The Morgan fingerprint density at radius 2 is 2.10 bits per heavy atom. The highest BCUT2D eigenvalue weighted by Crippen LogP contribution is 2.32. The number of nitrogens with one attached hydrogen (secondary N) is 1. The molecule has 0 atom stereocenters. The number of hydrogen-bond donors (Lipinski definition) is 2. The van der Waals surface area contributed by atoms with Crippen LogP contribution in [0.5, 0.6) is 5.75 Å². The molecule has 1 amide bonds. The predicted molar refractivity (Wildman–Crippen MR) is 81.8 cm³/mol. The van der Waals surface area contributed by atoms with Gasteiger partial charge in [-0.15, -0.1) is 0 Å². The van der Waals surface area contributed by atoms with E-state index in [1.54, 1.807) is 31.4 Å². The molecule has 0 aliphatic rings. The largest absolute Gasteiger partial charge is 0.506 e. The summed E-state index contributed by atoms with van der Waals surface area (Å²) in [4.78, 5) is 11.7. The SMILES string of the molecule is Cn1ccc(C(=O)NN=Cc2cc(Br)c(O)c(Br)c2)n1. The first-order valence-electron chi connectivity index (χ1n) is 5.48. The molecule has 0 aliphatic heterocycles. The maximum atomic E-state index is 11.7. The average Bonchev–Trinajstić information content (AvgIpc) is 2.82. The Morgan fingerprint density at radius 3 is 2.65 bits per heavy atom. The number of halogens is 2. The minimum absolute atomic E-state index is 0.111. The Morgan fingerprint density at radius 1 is 1.45 bits per heavy atom. The van der Waals surface area contributed by atoms with Crippen LogP contribution in [-0.4, -0.2) is 27.0 Å². The van der Waals surface area contributed by atoms with Gasteiger partial charge in [-0.3, -0.25) is 9.48 Å². The molecule has 1 aromatic carbocycles. The second-order valence-corrected chi connectivity index (χ2v) is 5.62. The van der Waals surface area contributed by atoms with Gasteiger partial charge in [0.2, 0.25) is 0 Å². The maximum absolute atomic E-state index is 11.7. The molecule has 0 unspecified atom stereocenters. The number of phenolic OH excluding ortho intramolecular Hbond substituents is 1. The van der Waals surface area contributed by atoms with Crippen molar-refractivity contribution in [3.05, 3.63) is 44.6 Å². The summed E-state index contributed by atoms with van der Waals surface area (Å²) in [5.74, 6) is -0.279. The summed E-state index contributed by atoms with van der Waals surface area (Å²) >= 11 is 6.43. The fourth-order valence-electron chi connectivity index (χ4n) is 1.42. The third-order valence-corrected chi connectivity index (χ3v) is 3.57. The molecule has 6 nitrogen and oxygen atoms in total. The molecule has 0 radical (unpaired) electrons. The normalized spacial score (nSPS) is 10.9. The molecular formula is C12H10Br2N4O2. The number of aromatic nitrogens is 2. The Bertz CT molecular complexity index is 659. The van der Waals surface area contributed by atoms with Crippen LogP contribution in [0.1, 0.15) is 16.1 Å². The Hall–Kier alpha value is -1.67. The van der Waals surface area contributed by atoms with Gasteiger partial charge in [0.05, 0.1) is 15.2 Å². The lowest BCUT2D eigenvalue weighted by Gasteiger charge is -2.02. The molecule has 1 aromatic heterocycles. The first-order chi connectivity index (χ1) is 9.47. The van der Waals surface area contributed by atoms with Crippen molar-refractivity contribution in [3.63, 3.8) is 0 Å². The van der Waals surface area contributed by atoms with Crippen LogP contribution in [0, 0.1) is 0 Å². The van der Waals surface area contributed by atoms with Crippen LogP contribution < -0.4 is 5.43 Å². The van der Waals surface area contributed by atoms with Crippen molar-refractivity contribution in [2.75, 3.05) is 0 Å². The molecule has 8 heteroatoms. The van der Waals surface area contributed by atoms with Crippen LogP contribution in [0.25, 0.3) is 0 Å². The number of rotatable bonds is 3. The zero-order valence-electron chi connectivity index (χ0n) is 10.3. The van der Waals surface area contributed by atoms with Crippen molar-refractivity contribution in [1.82, 2.24) is 15.2 Å². The highest BCUT2D eigenvalue weighted by molar-refractivity contribution is 9.11. The summed E-state index contributed by atoms with van der Waals surface area (Å²) in [6.07, 6.45) is 3.14. The number of carbonyl (C=O) groups excluding carboxylic acids is 1. The summed E-state index contributed by atoms with van der Waals surface area (Å²) in [7, 11) is 1.73. The number of aromatic hydroxyl groups is 1. The molecular weight excluding hydrogens is 392 g/mol. The van der Waals surface area contributed by atoms with E-state index >= 15 is 0 Å². The Balaban J connectivity index is 2.05.